The van der Waals surface area contributed by atoms with Gasteiger partial charge in [0.1, 0.15) is 11.6 Å². The zero-order chi connectivity index (χ0) is 32.9. The lowest BCUT2D eigenvalue weighted by atomic mass is 9.82. The van der Waals surface area contributed by atoms with Crippen molar-refractivity contribution >= 4 is 23.6 Å². The van der Waals surface area contributed by atoms with Gasteiger partial charge in [0.15, 0.2) is 0 Å². The van der Waals surface area contributed by atoms with E-state index < -0.39 is 46.9 Å². The SMILES string of the molecule is CC(=O)N(CC[C@H](N)C(=O)NCCN1C(=O)C=CC1=O)[C@@H](c1cc(-c2cc(F)ccc2F)cn1Cc1ccccc1)C(C)(C)C. The third-order valence-electron chi connectivity index (χ3n) is 7.73. The smallest absolute Gasteiger partial charge is 0.253 e. The maximum atomic E-state index is 14.9. The highest BCUT2D eigenvalue weighted by molar-refractivity contribution is 6.12. The molecule has 0 bridgehead atoms. The van der Waals surface area contributed by atoms with Crippen LogP contribution in [0.1, 0.15) is 51.4 Å². The van der Waals surface area contributed by atoms with E-state index >= 15 is 0 Å². The van der Waals surface area contributed by atoms with Crippen LogP contribution in [0.5, 0.6) is 0 Å². The van der Waals surface area contributed by atoms with Crippen LogP contribution in [0.3, 0.4) is 0 Å². The number of carbonyl (C=O) groups excluding carboxylic acids is 4. The third-order valence-corrected chi connectivity index (χ3v) is 7.73. The molecule has 11 heteroatoms. The summed E-state index contributed by atoms with van der Waals surface area (Å²) in [4.78, 5) is 52.1. The van der Waals surface area contributed by atoms with Crippen molar-refractivity contribution < 1.29 is 28.0 Å². The van der Waals surface area contributed by atoms with Gasteiger partial charge < -0.3 is 20.5 Å². The molecule has 0 saturated heterocycles. The van der Waals surface area contributed by atoms with Crippen molar-refractivity contribution in [1.29, 1.82) is 0 Å². The number of halogens is 2. The molecule has 9 nitrogen and oxygen atoms in total. The number of nitrogens with two attached hydrogens (primary N) is 1. The number of rotatable bonds is 12. The van der Waals surface area contributed by atoms with Crippen LogP contribution in [0, 0.1) is 17.0 Å². The van der Waals surface area contributed by atoms with Gasteiger partial charge >= 0.3 is 0 Å². The normalized spacial score (nSPS) is 14.5. The van der Waals surface area contributed by atoms with Crippen molar-refractivity contribution in [2.75, 3.05) is 19.6 Å². The van der Waals surface area contributed by atoms with Gasteiger partial charge in [-0.1, -0.05) is 51.1 Å². The lowest BCUT2D eigenvalue weighted by Crippen LogP contribution is -2.47. The topological polar surface area (TPSA) is 118 Å². The van der Waals surface area contributed by atoms with Gasteiger partial charge in [-0.3, -0.25) is 24.1 Å². The molecule has 3 aromatic rings. The second-order valence-electron chi connectivity index (χ2n) is 12.2. The maximum Gasteiger partial charge on any atom is 0.253 e. The Balaban J connectivity index is 1.59. The molecule has 0 radical (unpaired) electrons. The van der Waals surface area contributed by atoms with Crippen LogP contribution in [0.2, 0.25) is 0 Å². The minimum atomic E-state index is -0.969. The summed E-state index contributed by atoms with van der Waals surface area (Å²) in [6, 6.07) is 13.3. The van der Waals surface area contributed by atoms with Crippen molar-refractivity contribution in [3.63, 3.8) is 0 Å². The number of nitrogens with zero attached hydrogens (tertiary/aromatic N) is 3. The molecule has 238 valence electrons. The molecule has 1 aromatic heterocycles. The molecule has 0 unspecified atom stereocenters. The number of hydrogen-bond acceptors (Lipinski definition) is 5. The zero-order valence-corrected chi connectivity index (χ0v) is 25.9. The average molecular weight is 620 g/mol. The summed E-state index contributed by atoms with van der Waals surface area (Å²) in [5, 5.41) is 2.65. The Labute approximate surface area is 261 Å². The van der Waals surface area contributed by atoms with Gasteiger partial charge in [-0.2, -0.15) is 0 Å². The number of nitrogens with one attached hydrogen (secondary N) is 1. The molecule has 1 aliphatic rings. The van der Waals surface area contributed by atoms with Crippen LogP contribution < -0.4 is 11.1 Å². The third kappa shape index (κ3) is 8.10. The summed E-state index contributed by atoms with van der Waals surface area (Å²) >= 11 is 0. The van der Waals surface area contributed by atoms with Crippen LogP contribution in [0.25, 0.3) is 11.1 Å². The number of amides is 4. The second kappa shape index (κ2) is 14.0. The summed E-state index contributed by atoms with van der Waals surface area (Å²) < 4.78 is 31.1. The minimum absolute atomic E-state index is 0.0153. The quantitative estimate of drug-likeness (QED) is 0.295. The van der Waals surface area contributed by atoms with Crippen molar-refractivity contribution in [2.24, 2.45) is 11.1 Å². The van der Waals surface area contributed by atoms with Crippen molar-refractivity contribution in [3.8, 4) is 11.1 Å². The molecule has 2 aromatic carbocycles. The van der Waals surface area contributed by atoms with E-state index in [4.69, 9.17) is 5.73 Å². The first kappa shape index (κ1) is 33.3. The van der Waals surface area contributed by atoms with Gasteiger partial charge in [-0.15, -0.1) is 0 Å². The number of carbonyl (C=O) groups is 4. The first-order chi connectivity index (χ1) is 21.3. The van der Waals surface area contributed by atoms with Gasteiger partial charge in [0.25, 0.3) is 11.8 Å². The minimum Gasteiger partial charge on any atom is -0.353 e. The van der Waals surface area contributed by atoms with Crippen LogP contribution in [-0.4, -0.2) is 63.7 Å². The Hall–Kier alpha value is -4.64. The van der Waals surface area contributed by atoms with Crippen molar-refractivity contribution in [2.45, 2.75) is 52.7 Å². The van der Waals surface area contributed by atoms with E-state index in [1.165, 1.54) is 19.1 Å². The summed E-state index contributed by atoms with van der Waals surface area (Å²) in [5.74, 6) is -2.74. The van der Waals surface area contributed by atoms with Crippen LogP contribution in [0.15, 0.2) is 72.9 Å². The predicted octanol–water partition coefficient (Wildman–Crippen LogP) is 4.18. The summed E-state index contributed by atoms with van der Waals surface area (Å²) in [5.41, 5.74) is 7.96. The number of imide groups is 1. The van der Waals surface area contributed by atoms with E-state index in [0.29, 0.717) is 17.8 Å². The molecule has 0 spiro atoms. The molecule has 0 saturated carbocycles. The molecule has 2 heterocycles. The number of aromatic nitrogens is 1. The Morgan fingerprint density at radius 2 is 1.67 bits per heavy atom. The fourth-order valence-corrected chi connectivity index (χ4v) is 5.56. The average Bonchev–Trinajstić information content (AvgIpc) is 3.53. The monoisotopic (exact) mass is 619 g/mol. The van der Waals surface area contributed by atoms with Crippen molar-refractivity contribution in [3.05, 3.63) is 95.8 Å². The number of benzene rings is 2. The Kier molecular flexibility index (Phi) is 10.3. The molecular formula is C34H39F2N5O4. The van der Waals surface area contributed by atoms with Gasteiger partial charge in [0.05, 0.1) is 12.1 Å². The van der Waals surface area contributed by atoms with Gasteiger partial charge in [-0.05, 0) is 41.7 Å². The lowest BCUT2D eigenvalue weighted by molar-refractivity contribution is -0.137. The summed E-state index contributed by atoms with van der Waals surface area (Å²) in [6.07, 6.45) is 4.24. The highest BCUT2D eigenvalue weighted by atomic mass is 19.1. The van der Waals surface area contributed by atoms with E-state index in [1.807, 2.05) is 55.7 Å². The Bertz CT molecular complexity index is 1580. The standard InChI is InChI=1S/C34H39F2N5O4/c1-22(42)40(16-14-28(37)33(45)38-15-17-41-30(43)12-13-31(41)44)32(34(2,3)4)29-18-24(26-19-25(35)10-11-27(26)36)21-39(29)20-23-8-6-5-7-9-23/h5-13,18-19,21,28,32H,14-17,20,37H2,1-4H3,(H,38,45)/t28-,32-/m0/s1. The summed E-state index contributed by atoms with van der Waals surface area (Å²) in [6.45, 7) is 8.01. The first-order valence-electron chi connectivity index (χ1n) is 14.8. The second-order valence-corrected chi connectivity index (χ2v) is 12.2. The largest absolute Gasteiger partial charge is 0.353 e. The lowest BCUT2D eigenvalue weighted by Gasteiger charge is -2.41. The van der Waals surface area contributed by atoms with Gasteiger partial charge in [-0.25, -0.2) is 8.78 Å². The van der Waals surface area contributed by atoms with Crippen LogP contribution in [0.4, 0.5) is 8.78 Å². The van der Waals surface area contributed by atoms with Gasteiger partial charge in [0, 0.05) is 68.3 Å². The molecule has 0 fully saturated rings. The van der Waals surface area contributed by atoms with Gasteiger partial charge in [0.2, 0.25) is 11.8 Å². The summed E-state index contributed by atoms with van der Waals surface area (Å²) in [7, 11) is 0. The maximum absolute atomic E-state index is 14.9. The number of hydrogen-bond donors (Lipinski definition) is 2. The molecule has 45 heavy (non-hydrogen) atoms. The Morgan fingerprint density at radius 1 is 1.00 bits per heavy atom. The molecule has 4 amide bonds. The predicted molar refractivity (Wildman–Crippen MR) is 166 cm³/mol. The highest BCUT2D eigenvalue weighted by Crippen LogP contribution is 2.41. The van der Waals surface area contributed by atoms with E-state index in [2.05, 4.69) is 5.32 Å². The first-order valence-corrected chi connectivity index (χ1v) is 14.8. The fourth-order valence-electron chi connectivity index (χ4n) is 5.56. The van der Waals surface area contributed by atoms with Crippen LogP contribution in [-0.2, 0) is 25.7 Å². The van der Waals surface area contributed by atoms with E-state index in [-0.39, 0.29) is 37.5 Å². The molecule has 2 atom stereocenters. The van der Waals surface area contributed by atoms with E-state index in [1.54, 1.807) is 17.2 Å². The molecule has 1 aliphatic heterocycles. The zero-order valence-electron chi connectivity index (χ0n) is 25.9. The molecule has 3 N–H and O–H groups in total. The van der Waals surface area contributed by atoms with Crippen LogP contribution >= 0.6 is 0 Å². The Morgan fingerprint density at radius 3 is 2.29 bits per heavy atom. The van der Waals surface area contributed by atoms with E-state index in [0.717, 1.165) is 28.7 Å². The molecular weight excluding hydrogens is 580 g/mol. The van der Waals surface area contributed by atoms with Crippen molar-refractivity contribution in [1.82, 2.24) is 19.7 Å². The fraction of sp³-hybridized carbons (Fsp3) is 0.353. The van der Waals surface area contributed by atoms with E-state index in [9.17, 15) is 28.0 Å². The molecule has 4 rings (SSSR count). The molecule has 0 aliphatic carbocycles. The highest BCUT2D eigenvalue weighted by Gasteiger charge is 2.36.